The van der Waals surface area contributed by atoms with Crippen LogP contribution in [0.15, 0.2) is 82.2 Å². The van der Waals surface area contributed by atoms with Gasteiger partial charge in [0.1, 0.15) is 24.7 Å². The van der Waals surface area contributed by atoms with Gasteiger partial charge in [-0.3, -0.25) is 14.5 Å². The Morgan fingerprint density at radius 1 is 1.00 bits per heavy atom. The Hall–Kier alpha value is -3.54. The Balaban J connectivity index is 1.47. The molecule has 0 saturated carbocycles. The maximum Gasteiger partial charge on any atom is 0.293 e. The van der Waals surface area contributed by atoms with E-state index in [9.17, 15) is 14.9 Å². The largest absolute Gasteiger partial charge is 0.492 e. The van der Waals surface area contributed by atoms with Gasteiger partial charge < -0.3 is 9.47 Å². The molecule has 0 unspecified atom stereocenters. The lowest BCUT2D eigenvalue weighted by molar-refractivity contribution is -0.123. The molecule has 0 aliphatic carbocycles. The maximum atomic E-state index is 12.9. The van der Waals surface area contributed by atoms with E-state index in [1.807, 2.05) is 54.6 Å². The Morgan fingerprint density at radius 2 is 1.76 bits per heavy atom. The Labute approximate surface area is 209 Å². The van der Waals surface area contributed by atoms with Crippen LogP contribution in [0.25, 0.3) is 6.08 Å². The lowest BCUT2D eigenvalue weighted by Crippen LogP contribution is -2.32. The predicted octanol–water partition coefficient (Wildman–Crippen LogP) is 6.02. The molecule has 0 N–H and O–H groups in total. The number of nitrogens with zero attached hydrogens (tertiary/aromatic N) is 2. The summed E-state index contributed by atoms with van der Waals surface area (Å²) in [6.45, 7) is 0.563. The van der Waals surface area contributed by atoms with E-state index in [1.165, 1.54) is 4.90 Å². The summed E-state index contributed by atoms with van der Waals surface area (Å²) in [6, 6.07) is 24.0. The summed E-state index contributed by atoms with van der Waals surface area (Å²) in [5.74, 6) is 0.849. The van der Waals surface area contributed by atoms with Crippen molar-refractivity contribution in [2.75, 3.05) is 13.2 Å². The molecule has 2 amide bonds. The van der Waals surface area contributed by atoms with Crippen LogP contribution >= 0.6 is 27.7 Å². The summed E-state index contributed by atoms with van der Waals surface area (Å²) in [5, 5.41) is 8.96. The third kappa shape index (κ3) is 5.68. The van der Waals surface area contributed by atoms with Crippen molar-refractivity contribution >= 4 is 44.9 Å². The van der Waals surface area contributed by atoms with Gasteiger partial charge in [-0.25, -0.2) is 0 Å². The molecule has 34 heavy (non-hydrogen) atoms. The second-order valence-electron chi connectivity index (χ2n) is 7.23. The number of para-hydroxylation sites is 1. The monoisotopic (exact) mass is 534 g/mol. The normalized spacial score (nSPS) is 14.4. The van der Waals surface area contributed by atoms with E-state index in [4.69, 9.17) is 9.47 Å². The number of hydrogen-bond acceptors (Lipinski definition) is 6. The minimum atomic E-state index is -0.368. The maximum absolute atomic E-state index is 12.9. The zero-order chi connectivity index (χ0) is 23.9. The van der Waals surface area contributed by atoms with Crippen molar-refractivity contribution in [2.24, 2.45) is 0 Å². The first-order valence-corrected chi connectivity index (χ1v) is 12.0. The van der Waals surface area contributed by atoms with Crippen LogP contribution in [-0.2, 0) is 11.4 Å². The van der Waals surface area contributed by atoms with Crippen molar-refractivity contribution < 1.29 is 19.1 Å². The zero-order valence-electron chi connectivity index (χ0n) is 17.9. The molecular formula is C26H19BrN2O4S. The standard InChI is InChI=1S/C26H19BrN2O4S/c27-21-10-11-23(33-17-19-7-5-4-6-18(19)16-28)20(14-21)15-24-25(30)29(26(31)34-24)12-13-32-22-8-2-1-3-9-22/h1-11,14-15H,12-13,17H2/b24-15-. The number of thioether (sulfide) groups is 1. The van der Waals surface area contributed by atoms with Crippen LogP contribution in [0.1, 0.15) is 16.7 Å². The van der Waals surface area contributed by atoms with Gasteiger partial charge >= 0.3 is 0 Å². The van der Waals surface area contributed by atoms with Crippen molar-refractivity contribution in [3.05, 3.63) is 98.9 Å². The number of carbonyl (C=O) groups is 2. The second-order valence-corrected chi connectivity index (χ2v) is 9.14. The highest BCUT2D eigenvalue weighted by Crippen LogP contribution is 2.35. The van der Waals surface area contributed by atoms with Gasteiger partial charge in [0.25, 0.3) is 11.1 Å². The fourth-order valence-electron chi connectivity index (χ4n) is 3.28. The number of nitriles is 1. The van der Waals surface area contributed by atoms with Gasteiger partial charge in [-0.05, 0) is 54.2 Å². The van der Waals surface area contributed by atoms with Crippen LogP contribution in [0, 0.1) is 11.3 Å². The van der Waals surface area contributed by atoms with Gasteiger partial charge in [-0.2, -0.15) is 5.26 Å². The van der Waals surface area contributed by atoms with Crippen LogP contribution in [0.4, 0.5) is 4.79 Å². The molecule has 3 aromatic carbocycles. The molecule has 170 valence electrons. The molecule has 6 nitrogen and oxygen atoms in total. The summed E-state index contributed by atoms with van der Waals surface area (Å²) < 4.78 is 12.4. The predicted molar refractivity (Wildman–Crippen MR) is 134 cm³/mol. The second kappa shape index (κ2) is 11.1. The van der Waals surface area contributed by atoms with Crippen LogP contribution < -0.4 is 9.47 Å². The fourth-order valence-corrected chi connectivity index (χ4v) is 4.51. The molecule has 0 atom stereocenters. The number of ether oxygens (including phenoxy) is 2. The third-order valence-electron chi connectivity index (χ3n) is 4.98. The molecule has 1 aliphatic heterocycles. The molecule has 1 saturated heterocycles. The molecule has 1 aliphatic rings. The molecule has 8 heteroatoms. The van der Waals surface area contributed by atoms with E-state index in [2.05, 4.69) is 22.0 Å². The summed E-state index contributed by atoms with van der Waals surface area (Å²) >= 11 is 4.33. The highest BCUT2D eigenvalue weighted by Gasteiger charge is 2.35. The molecule has 0 aromatic heterocycles. The van der Waals surface area contributed by atoms with Crippen molar-refractivity contribution in [2.45, 2.75) is 6.61 Å². The number of benzene rings is 3. The summed E-state index contributed by atoms with van der Waals surface area (Å²) in [4.78, 5) is 26.8. The van der Waals surface area contributed by atoms with Crippen LogP contribution in [0.5, 0.6) is 11.5 Å². The lowest BCUT2D eigenvalue weighted by atomic mass is 10.1. The number of halogens is 1. The van der Waals surface area contributed by atoms with Gasteiger partial charge in [0.15, 0.2) is 0 Å². The minimum absolute atomic E-state index is 0.156. The van der Waals surface area contributed by atoms with E-state index in [-0.39, 0.29) is 30.9 Å². The van der Waals surface area contributed by atoms with E-state index in [1.54, 1.807) is 24.3 Å². The number of hydrogen-bond donors (Lipinski definition) is 0. The molecule has 4 rings (SSSR count). The summed E-state index contributed by atoms with van der Waals surface area (Å²) in [7, 11) is 0. The quantitative estimate of drug-likeness (QED) is 0.329. The number of amides is 2. The van der Waals surface area contributed by atoms with E-state index < -0.39 is 0 Å². The molecule has 0 radical (unpaired) electrons. The smallest absolute Gasteiger partial charge is 0.293 e. The SMILES string of the molecule is N#Cc1ccccc1COc1ccc(Br)cc1/C=C1\SC(=O)N(CCOc2ccccc2)C1=O. The van der Waals surface area contributed by atoms with Crippen molar-refractivity contribution in [3.8, 4) is 17.6 Å². The van der Waals surface area contributed by atoms with Crippen LogP contribution in [-0.4, -0.2) is 29.2 Å². The van der Waals surface area contributed by atoms with Gasteiger partial charge in [0, 0.05) is 15.6 Å². The van der Waals surface area contributed by atoms with Crippen molar-refractivity contribution in [1.29, 1.82) is 5.26 Å². The molecular weight excluding hydrogens is 516 g/mol. The number of carbonyl (C=O) groups excluding carboxylic acids is 2. The zero-order valence-corrected chi connectivity index (χ0v) is 20.3. The first-order chi connectivity index (χ1) is 16.5. The number of imide groups is 1. The molecule has 0 bridgehead atoms. The van der Waals surface area contributed by atoms with Gasteiger partial charge in [-0.15, -0.1) is 0 Å². The Morgan fingerprint density at radius 3 is 2.56 bits per heavy atom. The topological polar surface area (TPSA) is 79.6 Å². The first kappa shape index (κ1) is 23.6. The highest BCUT2D eigenvalue weighted by molar-refractivity contribution is 9.10. The Kier molecular flexibility index (Phi) is 7.68. The van der Waals surface area contributed by atoms with Gasteiger partial charge in [0.05, 0.1) is 23.1 Å². The fraction of sp³-hybridized carbons (Fsp3) is 0.115. The highest BCUT2D eigenvalue weighted by atomic mass is 79.9. The minimum Gasteiger partial charge on any atom is -0.492 e. The van der Waals surface area contributed by atoms with E-state index in [0.29, 0.717) is 27.5 Å². The molecule has 1 heterocycles. The number of rotatable bonds is 8. The average molecular weight is 535 g/mol. The molecule has 0 spiro atoms. The van der Waals surface area contributed by atoms with Crippen LogP contribution in [0.2, 0.25) is 0 Å². The molecule has 1 fully saturated rings. The third-order valence-corrected chi connectivity index (χ3v) is 6.38. The summed E-state index contributed by atoms with van der Waals surface area (Å²) in [6.07, 6.45) is 1.65. The van der Waals surface area contributed by atoms with Crippen molar-refractivity contribution in [3.63, 3.8) is 0 Å². The van der Waals surface area contributed by atoms with E-state index in [0.717, 1.165) is 21.8 Å². The van der Waals surface area contributed by atoms with E-state index >= 15 is 0 Å². The van der Waals surface area contributed by atoms with Crippen LogP contribution in [0.3, 0.4) is 0 Å². The lowest BCUT2D eigenvalue weighted by Gasteiger charge is -2.13. The first-order valence-electron chi connectivity index (χ1n) is 10.4. The average Bonchev–Trinajstić information content (AvgIpc) is 3.11. The molecule has 3 aromatic rings. The van der Waals surface area contributed by atoms with Gasteiger partial charge in [0.2, 0.25) is 0 Å². The Bertz CT molecular complexity index is 1290. The van der Waals surface area contributed by atoms with Crippen molar-refractivity contribution in [1.82, 2.24) is 4.90 Å². The van der Waals surface area contributed by atoms with Gasteiger partial charge in [-0.1, -0.05) is 52.3 Å². The summed E-state index contributed by atoms with van der Waals surface area (Å²) in [5.41, 5.74) is 1.95.